The number of nitrogens with one attached hydrogen (secondary N) is 2. The quantitative estimate of drug-likeness (QED) is 0.823. The molecule has 1 aromatic carbocycles. The number of benzene rings is 1. The number of carbonyl (C=O) groups is 1. The fourth-order valence-electron chi connectivity index (χ4n) is 2.89. The number of amides is 1. The topological polar surface area (TPSA) is 46.0 Å². The van der Waals surface area contributed by atoms with Gasteiger partial charge in [0.25, 0.3) is 5.91 Å². The van der Waals surface area contributed by atoms with Gasteiger partial charge in [0.2, 0.25) is 0 Å². The Morgan fingerprint density at radius 2 is 2.00 bits per heavy atom. The first kappa shape index (κ1) is 17.9. The average Bonchev–Trinajstić information content (AvgIpc) is 3.15. The largest absolute Gasteiger partial charge is 0.378 e. The highest BCUT2D eigenvalue weighted by Crippen LogP contribution is 2.19. The molecule has 5 nitrogen and oxygen atoms in total. The Morgan fingerprint density at radius 1 is 1.28 bits per heavy atom. The summed E-state index contributed by atoms with van der Waals surface area (Å²) in [6, 6.07) is 12.1. The first-order valence-electron chi connectivity index (χ1n) is 8.72. The lowest BCUT2D eigenvalue weighted by Gasteiger charge is -2.29. The van der Waals surface area contributed by atoms with E-state index in [1.165, 1.54) is 15.5 Å². The number of carbonyl (C=O) groups excluding carboxylic acids is 1. The second-order valence-corrected chi connectivity index (χ2v) is 7.49. The zero-order valence-corrected chi connectivity index (χ0v) is 15.6. The highest BCUT2D eigenvalue weighted by atomic mass is 32.1. The fourth-order valence-corrected chi connectivity index (χ4v) is 3.69. The van der Waals surface area contributed by atoms with Crippen molar-refractivity contribution in [2.75, 3.05) is 43.6 Å². The highest BCUT2D eigenvalue weighted by Gasteiger charge is 2.22. The number of anilines is 2. The number of nitrogens with zero attached hydrogens (tertiary/aromatic N) is 1. The lowest BCUT2D eigenvalue weighted by atomic mass is 10.2. The molecular weight excluding hydrogens is 334 g/mol. The van der Waals surface area contributed by atoms with Gasteiger partial charge in [-0.3, -0.25) is 4.79 Å². The molecule has 1 saturated heterocycles. The van der Waals surface area contributed by atoms with Gasteiger partial charge in [0.05, 0.1) is 25.1 Å². The first-order chi connectivity index (χ1) is 12.1. The van der Waals surface area contributed by atoms with Crippen LogP contribution in [0.5, 0.6) is 0 Å². The lowest BCUT2D eigenvalue weighted by molar-refractivity contribution is -0.907. The molecule has 3 rings (SSSR count). The van der Waals surface area contributed by atoms with Crippen LogP contribution in [0, 0.1) is 0 Å². The standard InChI is InChI=1S/C19H25N3O2S/c1-15(21(2)14-18-4-3-13-25-18)19(23)20-16-5-7-17(8-6-16)22-9-11-24-12-10-22/h3-8,13,15H,9-12,14H2,1-2H3,(H,20,23)/p+1/t15-/m1/s1. The smallest absolute Gasteiger partial charge is 0.282 e. The second kappa shape index (κ2) is 8.47. The van der Waals surface area contributed by atoms with Crippen LogP contribution >= 0.6 is 11.3 Å². The summed E-state index contributed by atoms with van der Waals surface area (Å²) in [4.78, 5) is 17.3. The van der Waals surface area contributed by atoms with E-state index in [1.54, 1.807) is 11.3 Å². The van der Waals surface area contributed by atoms with Gasteiger partial charge in [0.15, 0.2) is 6.04 Å². The molecule has 1 amide bonds. The van der Waals surface area contributed by atoms with Gasteiger partial charge in [-0.1, -0.05) is 6.07 Å². The molecular formula is C19H26N3O2S+. The Kier molecular flexibility index (Phi) is 6.07. The van der Waals surface area contributed by atoms with E-state index in [0.717, 1.165) is 38.5 Å². The number of rotatable bonds is 6. The van der Waals surface area contributed by atoms with Crippen molar-refractivity contribution in [1.29, 1.82) is 0 Å². The predicted molar refractivity (Wildman–Crippen MR) is 102 cm³/mol. The molecule has 0 spiro atoms. The van der Waals surface area contributed by atoms with Gasteiger partial charge in [-0.2, -0.15) is 0 Å². The minimum Gasteiger partial charge on any atom is -0.378 e. The van der Waals surface area contributed by atoms with E-state index in [0.29, 0.717) is 0 Å². The van der Waals surface area contributed by atoms with Gasteiger partial charge in [0, 0.05) is 24.5 Å². The fraction of sp³-hybridized carbons (Fsp3) is 0.421. The van der Waals surface area contributed by atoms with Crippen molar-refractivity contribution in [3.8, 4) is 0 Å². The summed E-state index contributed by atoms with van der Waals surface area (Å²) in [5.41, 5.74) is 2.02. The van der Waals surface area contributed by atoms with Gasteiger partial charge in [-0.15, -0.1) is 11.3 Å². The zero-order valence-electron chi connectivity index (χ0n) is 14.8. The number of hydrogen-bond acceptors (Lipinski definition) is 4. The Morgan fingerprint density at radius 3 is 2.64 bits per heavy atom. The Bertz CT molecular complexity index is 666. The van der Waals surface area contributed by atoms with Crippen molar-refractivity contribution in [1.82, 2.24) is 0 Å². The number of quaternary nitrogens is 1. The summed E-state index contributed by atoms with van der Waals surface area (Å²) in [5, 5.41) is 5.11. The Hall–Kier alpha value is -1.89. The van der Waals surface area contributed by atoms with E-state index in [4.69, 9.17) is 4.74 Å². The predicted octanol–water partition coefficient (Wildman–Crippen LogP) is 1.63. The molecule has 1 aliphatic rings. The van der Waals surface area contributed by atoms with Crippen LogP contribution in [0.4, 0.5) is 11.4 Å². The van der Waals surface area contributed by atoms with E-state index in [2.05, 4.69) is 40.8 Å². The van der Waals surface area contributed by atoms with Gasteiger partial charge in [-0.25, -0.2) is 0 Å². The summed E-state index contributed by atoms with van der Waals surface area (Å²) in [5.74, 6) is 0.0492. The number of thiophene rings is 1. The van der Waals surface area contributed by atoms with Crippen LogP contribution < -0.4 is 15.1 Å². The minimum atomic E-state index is -0.110. The molecule has 2 heterocycles. The lowest BCUT2D eigenvalue weighted by Crippen LogP contribution is -3.12. The first-order valence-corrected chi connectivity index (χ1v) is 9.60. The van der Waals surface area contributed by atoms with Crippen LogP contribution in [0.1, 0.15) is 11.8 Å². The highest BCUT2D eigenvalue weighted by molar-refractivity contribution is 7.09. The van der Waals surface area contributed by atoms with Crippen LogP contribution in [0.15, 0.2) is 41.8 Å². The van der Waals surface area contributed by atoms with E-state index in [-0.39, 0.29) is 11.9 Å². The molecule has 0 radical (unpaired) electrons. The van der Waals surface area contributed by atoms with E-state index >= 15 is 0 Å². The van der Waals surface area contributed by atoms with Crippen LogP contribution in [-0.2, 0) is 16.1 Å². The molecule has 2 atom stereocenters. The number of likely N-dealkylation sites (N-methyl/N-ethyl adjacent to an activating group) is 1. The number of ether oxygens (including phenoxy) is 1. The van der Waals surface area contributed by atoms with E-state index in [1.807, 2.05) is 25.1 Å². The molecule has 2 aromatic rings. The minimum absolute atomic E-state index is 0.0492. The summed E-state index contributed by atoms with van der Waals surface area (Å²) in [6.07, 6.45) is 0. The molecule has 1 fully saturated rings. The van der Waals surface area contributed by atoms with Crippen LogP contribution in [-0.4, -0.2) is 45.3 Å². The molecule has 1 aromatic heterocycles. The van der Waals surface area contributed by atoms with Gasteiger partial charge < -0.3 is 19.9 Å². The molecule has 1 unspecified atom stereocenters. The van der Waals surface area contributed by atoms with E-state index < -0.39 is 0 Å². The van der Waals surface area contributed by atoms with Gasteiger partial charge in [-0.05, 0) is 42.6 Å². The SMILES string of the molecule is C[C@H](C(=O)Nc1ccc(N2CCOCC2)cc1)[NH+](C)Cc1cccs1. The summed E-state index contributed by atoms with van der Waals surface area (Å²) >= 11 is 1.73. The summed E-state index contributed by atoms with van der Waals surface area (Å²) in [6.45, 7) is 6.21. The maximum Gasteiger partial charge on any atom is 0.282 e. The third-order valence-electron chi connectivity index (χ3n) is 4.68. The van der Waals surface area contributed by atoms with Gasteiger partial charge in [0.1, 0.15) is 6.54 Å². The maximum absolute atomic E-state index is 12.5. The second-order valence-electron chi connectivity index (χ2n) is 6.46. The van der Waals surface area contributed by atoms with Crippen LogP contribution in [0.3, 0.4) is 0 Å². The number of morpholine rings is 1. The molecule has 0 bridgehead atoms. The molecule has 0 saturated carbocycles. The molecule has 1 aliphatic heterocycles. The van der Waals surface area contributed by atoms with Gasteiger partial charge >= 0.3 is 0 Å². The zero-order chi connectivity index (χ0) is 17.6. The third kappa shape index (κ3) is 4.81. The molecule has 134 valence electrons. The van der Waals surface area contributed by atoms with Crippen molar-refractivity contribution in [3.63, 3.8) is 0 Å². The molecule has 25 heavy (non-hydrogen) atoms. The summed E-state index contributed by atoms with van der Waals surface area (Å²) < 4.78 is 5.38. The average molecular weight is 361 g/mol. The monoisotopic (exact) mass is 360 g/mol. The van der Waals surface area contributed by atoms with Crippen LogP contribution in [0.25, 0.3) is 0 Å². The van der Waals surface area contributed by atoms with Crippen molar-refractivity contribution in [3.05, 3.63) is 46.7 Å². The summed E-state index contributed by atoms with van der Waals surface area (Å²) in [7, 11) is 2.06. The van der Waals surface area contributed by atoms with Crippen LogP contribution in [0.2, 0.25) is 0 Å². The van der Waals surface area contributed by atoms with Crippen molar-refractivity contribution < 1.29 is 14.4 Å². The van der Waals surface area contributed by atoms with Crippen molar-refractivity contribution in [2.24, 2.45) is 0 Å². The maximum atomic E-state index is 12.5. The molecule has 2 N–H and O–H groups in total. The van der Waals surface area contributed by atoms with E-state index in [9.17, 15) is 4.79 Å². The number of hydrogen-bond donors (Lipinski definition) is 2. The molecule has 6 heteroatoms. The van der Waals surface area contributed by atoms with Crippen molar-refractivity contribution >= 4 is 28.6 Å². The Labute approximate surface area is 153 Å². The normalized spacial score (nSPS) is 17.1. The van der Waals surface area contributed by atoms with Crippen molar-refractivity contribution in [2.45, 2.75) is 19.5 Å². The Balaban J connectivity index is 1.54. The third-order valence-corrected chi connectivity index (χ3v) is 5.55. The molecule has 0 aliphatic carbocycles.